The van der Waals surface area contributed by atoms with Crippen molar-refractivity contribution >= 4 is 35.6 Å². The van der Waals surface area contributed by atoms with Crippen molar-refractivity contribution in [3.8, 4) is 0 Å². The van der Waals surface area contributed by atoms with E-state index in [0.29, 0.717) is 17.5 Å². The van der Waals surface area contributed by atoms with Crippen molar-refractivity contribution in [2.75, 3.05) is 31.5 Å². The molecule has 0 unspecified atom stereocenters. The number of anilines is 1. The summed E-state index contributed by atoms with van der Waals surface area (Å²) in [5.74, 6) is 1.00. The molecule has 1 aromatic rings. The smallest absolute Gasteiger partial charge is 0.225 e. The largest absolute Gasteiger partial charge is 0.326 e. The highest BCUT2D eigenvalue weighted by Gasteiger charge is 2.24. The van der Waals surface area contributed by atoms with Gasteiger partial charge in [-0.3, -0.25) is 4.79 Å². The summed E-state index contributed by atoms with van der Waals surface area (Å²) in [4.78, 5) is 14.4. The lowest BCUT2D eigenvalue weighted by atomic mass is 10.0. The highest BCUT2D eigenvalue weighted by atomic mass is 35.5. The van der Waals surface area contributed by atoms with Gasteiger partial charge in [0, 0.05) is 29.7 Å². The predicted molar refractivity (Wildman–Crippen MR) is 102 cm³/mol. The summed E-state index contributed by atoms with van der Waals surface area (Å²) >= 11 is 5.92. The lowest BCUT2D eigenvalue weighted by Crippen LogP contribution is -2.43. The molecule has 1 amide bonds. The lowest BCUT2D eigenvalue weighted by Gasteiger charge is -2.32. The van der Waals surface area contributed by atoms with Crippen LogP contribution in [0.25, 0.3) is 0 Å². The summed E-state index contributed by atoms with van der Waals surface area (Å²) in [7, 11) is 0. The summed E-state index contributed by atoms with van der Waals surface area (Å²) in [6, 6.07) is 7.96. The first-order chi connectivity index (χ1) is 11.2. The van der Waals surface area contributed by atoms with E-state index in [1.807, 2.05) is 12.1 Å². The number of piperidine rings is 1. The average Bonchev–Trinajstić information content (AvgIpc) is 3.36. The molecule has 6 heteroatoms. The first kappa shape index (κ1) is 19.5. The Morgan fingerprint density at radius 3 is 2.62 bits per heavy atom. The molecule has 1 aliphatic heterocycles. The topological polar surface area (TPSA) is 44.4 Å². The number of carbonyl (C=O) groups excluding carboxylic acids is 1. The molecule has 3 rings (SSSR count). The molecule has 2 aliphatic rings. The van der Waals surface area contributed by atoms with E-state index in [1.54, 1.807) is 12.1 Å². The molecule has 1 saturated heterocycles. The first-order valence-electron chi connectivity index (χ1n) is 8.70. The van der Waals surface area contributed by atoms with Crippen LogP contribution >= 0.6 is 24.0 Å². The molecule has 1 heterocycles. The van der Waals surface area contributed by atoms with Gasteiger partial charge in [0.25, 0.3) is 0 Å². The third kappa shape index (κ3) is 6.60. The second-order valence-electron chi connectivity index (χ2n) is 6.78. The molecular weight excluding hydrogens is 345 g/mol. The van der Waals surface area contributed by atoms with Gasteiger partial charge in [-0.1, -0.05) is 17.7 Å². The van der Waals surface area contributed by atoms with Gasteiger partial charge in [-0.05, 0) is 69.4 Å². The molecule has 2 N–H and O–H groups in total. The van der Waals surface area contributed by atoms with Crippen LogP contribution in [-0.2, 0) is 4.79 Å². The van der Waals surface area contributed by atoms with Crippen LogP contribution in [0.2, 0.25) is 5.02 Å². The molecule has 134 valence electrons. The number of hydrogen-bond acceptors (Lipinski definition) is 3. The Labute approximate surface area is 155 Å². The second kappa shape index (κ2) is 9.62. The predicted octanol–water partition coefficient (Wildman–Crippen LogP) is 3.55. The van der Waals surface area contributed by atoms with Gasteiger partial charge in [0.2, 0.25) is 5.91 Å². The van der Waals surface area contributed by atoms with Gasteiger partial charge in [0.15, 0.2) is 0 Å². The van der Waals surface area contributed by atoms with Gasteiger partial charge in [-0.15, -0.1) is 12.4 Å². The van der Waals surface area contributed by atoms with Crippen LogP contribution < -0.4 is 10.6 Å². The molecule has 1 aromatic carbocycles. The fourth-order valence-electron chi connectivity index (χ4n) is 3.07. The lowest BCUT2D eigenvalue weighted by molar-refractivity contribution is -0.116. The number of benzene rings is 1. The number of nitrogens with zero attached hydrogens (tertiary/aromatic N) is 1. The molecule has 1 aliphatic carbocycles. The summed E-state index contributed by atoms with van der Waals surface area (Å²) in [6.45, 7) is 4.22. The summed E-state index contributed by atoms with van der Waals surface area (Å²) in [5.41, 5.74) is 0.769. The molecule has 0 spiro atoms. The highest BCUT2D eigenvalue weighted by molar-refractivity contribution is 6.30. The van der Waals surface area contributed by atoms with Crippen LogP contribution in [0.3, 0.4) is 0 Å². The average molecular weight is 372 g/mol. The van der Waals surface area contributed by atoms with Crippen molar-refractivity contribution in [3.05, 3.63) is 29.3 Å². The van der Waals surface area contributed by atoms with Gasteiger partial charge in [-0.2, -0.15) is 0 Å². The van der Waals surface area contributed by atoms with Crippen LogP contribution in [0.4, 0.5) is 5.69 Å². The minimum atomic E-state index is 0. The van der Waals surface area contributed by atoms with E-state index in [2.05, 4.69) is 15.5 Å². The van der Waals surface area contributed by atoms with Gasteiger partial charge in [0.1, 0.15) is 0 Å². The number of hydrogen-bond donors (Lipinski definition) is 2. The Bertz CT molecular complexity index is 529. The first-order valence-corrected chi connectivity index (χ1v) is 9.08. The Balaban J connectivity index is 0.00000208. The summed E-state index contributed by atoms with van der Waals surface area (Å²) < 4.78 is 0. The Kier molecular flexibility index (Phi) is 7.82. The number of nitrogens with one attached hydrogen (secondary N) is 2. The van der Waals surface area contributed by atoms with Crippen molar-refractivity contribution in [2.45, 2.75) is 38.1 Å². The number of rotatable bonds is 7. The molecule has 0 bridgehead atoms. The maximum absolute atomic E-state index is 12.0. The molecule has 4 nitrogen and oxygen atoms in total. The molecule has 0 radical (unpaired) electrons. The van der Waals surface area contributed by atoms with Gasteiger partial charge >= 0.3 is 0 Å². The van der Waals surface area contributed by atoms with Crippen molar-refractivity contribution in [2.24, 2.45) is 5.92 Å². The number of likely N-dealkylation sites (tertiary alicyclic amines) is 1. The zero-order valence-electron chi connectivity index (χ0n) is 14.0. The standard InChI is InChI=1S/C18H26ClN3O.ClH/c19-15-2-1-3-17(12-15)21-18(23)8-11-22-9-6-16(7-10-22)20-13-14-4-5-14;/h1-3,12,14,16,20H,4-11,13H2,(H,21,23);1H. The number of carbonyl (C=O) groups is 1. The molecular formula is C18H27Cl2N3O. The van der Waals surface area contributed by atoms with Crippen LogP contribution in [0.1, 0.15) is 32.1 Å². The quantitative estimate of drug-likeness (QED) is 0.769. The molecule has 0 aromatic heterocycles. The Hall–Kier alpha value is -0.810. The highest BCUT2D eigenvalue weighted by Crippen LogP contribution is 2.28. The third-order valence-corrected chi connectivity index (χ3v) is 4.98. The van der Waals surface area contributed by atoms with E-state index in [9.17, 15) is 4.79 Å². The van der Waals surface area contributed by atoms with Gasteiger partial charge < -0.3 is 15.5 Å². The summed E-state index contributed by atoms with van der Waals surface area (Å²) in [6.07, 6.45) is 5.75. The van der Waals surface area contributed by atoms with E-state index < -0.39 is 0 Å². The molecule has 2 fully saturated rings. The molecule has 0 atom stereocenters. The maximum atomic E-state index is 12.0. The zero-order chi connectivity index (χ0) is 16.1. The Morgan fingerprint density at radius 1 is 1.21 bits per heavy atom. The van der Waals surface area contributed by atoms with Crippen molar-refractivity contribution in [1.29, 1.82) is 0 Å². The van der Waals surface area contributed by atoms with Crippen molar-refractivity contribution < 1.29 is 4.79 Å². The summed E-state index contributed by atoms with van der Waals surface area (Å²) in [5, 5.41) is 7.24. The SMILES string of the molecule is Cl.O=C(CCN1CCC(NCC2CC2)CC1)Nc1cccc(Cl)c1. The van der Waals surface area contributed by atoms with Crippen molar-refractivity contribution in [1.82, 2.24) is 10.2 Å². The van der Waals surface area contributed by atoms with Crippen LogP contribution in [-0.4, -0.2) is 43.0 Å². The minimum Gasteiger partial charge on any atom is -0.326 e. The normalized spacial score (nSPS) is 18.9. The zero-order valence-corrected chi connectivity index (χ0v) is 15.5. The van der Waals surface area contributed by atoms with Crippen LogP contribution in [0.5, 0.6) is 0 Å². The number of halogens is 2. The van der Waals surface area contributed by atoms with E-state index in [-0.39, 0.29) is 18.3 Å². The van der Waals surface area contributed by atoms with E-state index in [1.165, 1.54) is 32.2 Å². The van der Waals surface area contributed by atoms with Crippen molar-refractivity contribution in [3.63, 3.8) is 0 Å². The maximum Gasteiger partial charge on any atom is 0.225 e. The van der Waals surface area contributed by atoms with Crippen LogP contribution in [0, 0.1) is 5.92 Å². The fraction of sp³-hybridized carbons (Fsp3) is 0.611. The van der Waals surface area contributed by atoms with Crippen LogP contribution in [0.15, 0.2) is 24.3 Å². The monoisotopic (exact) mass is 371 g/mol. The van der Waals surface area contributed by atoms with Gasteiger partial charge in [0.05, 0.1) is 0 Å². The molecule has 24 heavy (non-hydrogen) atoms. The van der Waals surface area contributed by atoms with E-state index >= 15 is 0 Å². The Morgan fingerprint density at radius 2 is 1.96 bits per heavy atom. The van der Waals surface area contributed by atoms with E-state index in [0.717, 1.165) is 31.2 Å². The fourth-order valence-corrected chi connectivity index (χ4v) is 3.26. The molecule has 1 saturated carbocycles. The van der Waals surface area contributed by atoms with Gasteiger partial charge in [-0.25, -0.2) is 0 Å². The number of amides is 1. The third-order valence-electron chi connectivity index (χ3n) is 4.74. The second-order valence-corrected chi connectivity index (χ2v) is 7.21. The van der Waals surface area contributed by atoms with E-state index in [4.69, 9.17) is 11.6 Å². The minimum absolute atomic E-state index is 0.